The molecular weight excluding hydrogens is 304 g/mol. The van der Waals surface area contributed by atoms with Crippen LogP contribution >= 0.6 is 0 Å². The summed E-state index contributed by atoms with van der Waals surface area (Å²) in [5.74, 6) is 0. The van der Waals surface area contributed by atoms with Crippen LogP contribution in [-0.4, -0.2) is 24.3 Å². The number of rotatable bonds is 4. The fourth-order valence-electron chi connectivity index (χ4n) is 2.44. The monoisotopic (exact) mass is 328 g/mol. The standard InChI is InChI=1S/C10H11NO2.C9H13NO/c12-10-11-7-6-9(13-10)8-4-2-1-3-5-8;10-7-6-9(11)8-4-2-1-3-5-8/h1-5,9H,6-7H2,(H,11,12);1-5,9,11H,6-7,10H2/t2*9-/m11/s1. The Morgan fingerprint density at radius 2 is 1.75 bits per heavy atom. The summed E-state index contributed by atoms with van der Waals surface area (Å²) in [6.45, 7) is 1.22. The van der Waals surface area contributed by atoms with Gasteiger partial charge in [-0.15, -0.1) is 0 Å². The zero-order valence-electron chi connectivity index (χ0n) is 13.6. The number of nitrogens with two attached hydrogens (primary N) is 1. The summed E-state index contributed by atoms with van der Waals surface area (Å²) >= 11 is 0. The molecule has 128 valence electrons. The van der Waals surface area contributed by atoms with E-state index in [-0.39, 0.29) is 12.2 Å². The predicted molar refractivity (Wildman–Crippen MR) is 93.4 cm³/mol. The van der Waals surface area contributed by atoms with Crippen molar-refractivity contribution in [2.45, 2.75) is 25.0 Å². The second kappa shape index (κ2) is 9.70. The van der Waals surface area contributed by atoms with Crippen molar-refractivity contribution in [1.29, 1.82) is 0 Å². The summed E-state index contributed by atoms with van der Waals surface area (Å²) in [4.78, 5) is 10.9. The van der Waals surface area contributed by atoms with Gasteiger partial charge in [0.2, 0.25) is 0 Å². The van der Waals surface area contributed by atoms with Gasteiger partial charge in [0.25, 0.3) is 0 Å². The Bertz CT molecular complexity index is 605. The smallest absolute Gasteiger partial charge is 0.407 e. The van der Waals surface area contributed by atoms with Gasteiger partial charge in [-0.3, -0.25) is 0 Å². The summed E-state index contributed by atoms with van der Waals surface area (Å²) in [5, 5.41) is 12.1. The molecule has 0 radical (unpaired) electrons. The number of aliphatic hydroxyl groups is 1. The molecule has 0 bridgehead atoms. The zero-order valence-corrected chi connectivity index (χ0v) is 13.6. The highest BCUT2D eigenvalue weighted by Crippen LogP contribution is 2.22. The second-order valence-electron chi connectivity index (χ2n) is 5.52. The molecule has 5 heteroatoms. The van der Waals surface area contributed by atoms with Gasteiger partial charge >= 0.3 is 6.09 Å². The number of benzene rings is 2. The molecule has 1 heterocycles. The van der Waals surface area contributed by atoms with Crippen LogP contribution in [0.5, 0.6) is 0 Å². The van der Waals surface area contributed by atoms with Crippen molar-refractivity contribution in [3.8, 4) is 0 Å². The van der Waals surface area contributed by atoms with Gasteiger partial charge in [-0.1, -0.05) is 60.7 Å². The van der Waals surface area contributed by atoms with Gasteiger partial charge < -0.3 is 20.9 Å². The van der Waals surface area contributed by atoms with Crippen molar-refractivity contribution >= 4 is 6.09 Å². The molecule has 1 saturated heterocycles. The predicted octanol–water partition coefficient (Wildman–Crippen LogP) is 2.93. The number of hydrogen-bond donors (Lipinski definition) is 3. The van der Waals surface area contributed by atoms with Crippen molar-refractivity contribution in [3.05, 3.63) is 71.8 Å². The van der Waals surface area contributed by atoms with Gasteiger partial charge in [0.15, 0.2) is 0 Å². The molecule has 1 aliphatic heterocycles. The van der Waals surface area contributed by atoms with Crippen molar-refractivity contribution in [2.75, 3.05) is 13.1 Å². The minimum Gasteiger partial charge on any atom is -0.441 e. The summed E-state index contributed by atoms with van der Waals surface area (Å²) in [5.41, 5.74) is 7.32. The van der Waals surface area contributed by atoms with E-state index in [1.54, 1.807) is 0 Å². The van der Waals surface area contributed by atoms with Crippen LogP contribution < -0.4 is 11.1 Å². The van der Waals surface area contributed by atoms with Crippen molar-refractivity contribution in [3.63, 3.8) is 0 Å². The van der Waals surface area contributed by atoms with Crippen LogP contribution in [0.3, 0.4) is 0 Å². The van der Waals surface area contributed by atoms with E-state index < -0.39 is 6.10 Å². The van der Waals surface area contributed by atoms with E-state index in [9.17, 15) is 9.90 Å². The zero-order chi connectivity index (χ0) is 17.2. The molecule has 1 aliphatic rings. The number of alkyl carbamates (subject to hydrolysis) is 1. The summed E-state index contributed by atoms with van der Waals surface area (Å²) < 4.78 is 5.12. The molecule has 0 unspecified atom stereocenters. The SMILES string of the molecule is NCC[C@@H](O)c1ccccc1.O=C1NCC[C@H](c2ccccc2)O1. The lowest BCUT2D eigenvalue weighted by Gasteiger charge is -2.23. The molecule has 0 saturated carbocycles. The van der Waals surface area contributed by atoms with Crippen LogP contribution in [-0.2, 0) is 4.74 Å². The third-order valence-electron chi connectivity index (χ3n) is 3.72. The quantitative estimate of drug-likeness (QED) is 0.805. The Balaban J connectivity index is 0.000000177. The fourth-order valence-corrected chi connectivity index (χ4v) is 2.44. The number of nitrogens with one attached hydrogen (secondary N) is 1. The van der Waals surface area contributed by atoms with Crippen LogP contribution in [0.1, 0.15) is 36.2 Å². The molecule has 0 aliphatic carbocycles. The number of ether oxygens (including phenoxy) is 1. The molecule has 2 aromatic carbocycles. The molecule has 0 aromatic heterocycles. The molecule has 4 N–H and O–H groups in total. The van der Waals surface area contributed by atoms with E-state index in [0.717, 1.165) is 17.5 Å². The molecular formula is C19H24N2O3. The average Bonchev–Trinajstić information content (AvgIpc) is 2.64. The Hall–Kier alpha value is -2.37. The first-order chi connectivity index (χ1) is 11.7. The number of aliphatic hydroxyl groups excluding tert-OH is 1. The summed E-state index contributed by atoms with van der Waals surface area (Å²) in [6, 6.07) is 19.4. The Kier molecular flexibility index (Phi) is 7.26. The van der Waals surface area contributed by atoms with Gasteiger partial charge in [-0.2, -0.15) is 0 Å². The third kappa shape index (κ3) is 5.68. The first kappa shape index (κ1) is 18.0. The normalized spacial score (nSPS) is 17.8. The Morgan fingerprint density at radius 3 is 2.33 bits per heavy atom. The maximum Gasteiger partial charge on any atom is 0.407 e. The highest BCUT2D eigenvalue weighted by atomic mass is 16.6. The highest BCUT2D eigenvalue weighted by molar-refractivity contribution is 5.68. The van der Waals surface area contributed by atoms with E-state index in [2.05, 4.69) is 5.32 Å². The van der Waals surface area contributed by atoms with Crippen LogP contribution in [0.25, 0.3) is 0 Å². The van der Waals surface area contributed by atoms with Crippen LogP contribution in [0.4, 0.5) is 4.79 Å². The van der Waals surface area contributed by atoms with Crippen molar-refractivity contribution in [2.24, 2.45) is 5.73 Å². The lowest BCUT2D eigenvalue weighted by Crippen LogP contribution is -2.33. The second-order valence-corrected chi connectivity index (χ2v) is 5.52. The molecule has 1 amide bonds. The minimum atomic E-state index is -0.402. The lowest BCUT2D eigenvalue weighted by atomic mass is 10.1. The average molecular weight is 328 g/mol. The van der Waals surface area contributed by atoms with Gasteiger partial charge in [-0.05, 0) is 24.1 Å². The molecule has 24 heavy (non-hydrogen) atoms. The van der Waals surface area contributed by atoms with Gasteiger partial charge in [0.05, 0.1) is 6.10 Å². The van der Waals surface area contributed by atoms with Crippen LogP contribution in [0.2, 0.25) is 0 Å². The molecule has 0 spiro atoms. The molecule has 5 nitrogen and oxygen atoms in total. The maximum absolute atomic E-state index is 10.9. The topological polar surface area (TPSA) is 84.6 Å². The summed E-state index contributed by atoms with van der Waals surface area (Å²) in [6.07, 6.45) is 0.677. The lowest BCUT2D eigenvalue weighted by molar-refractivity contribution is 0.0739. The number of hydrogen-bond acceptors (Lipinski definition) is 4. The number of carbonyl (C=O) groups excluding carboxylic acids is 1. The van der Waals surface area contributed by atoms with Gasteiger partial charge in [0.1, 0.15) is 6.10 Å². The van der Waals surface area contributed by atoms with Gasteiger partial charge in [0, 0.05) is 13.0 Å². The summed E-state index contributed by atoms with van der Waals surface area (Å²) in [7, 11) is 0. The Labute approximate surface area is 142 Å². The third-order valence-corrected chi connectivity index (χ3v) is 3.72. The highest BCUT2D eigenvalue weighted by Gasteiger charge is 2.20. The number of amides is 1. The van der Waals surface area contributed by atoms with Crippen molar-refractivity contribution in [1.82, 2.24) is 5.32 Å². The van der Waals surface area contributed by atoms with Gasteiger partial charge in [-0.25, -0.2) is 4.79 Å². The van der Waals surface area contributed by atoms with E-state index in [4.69, 9.17) is 10.5 Å². The first-order valence-electron chi connectivity index (χ1n) is 8.13. The minimum absolute atomic E-state index is 0.0741. The number of carbonyl (C=O) groups is 1. The molecule has 2 atom stereocenters. The number of cyclic esters (lactones) is 1. The van der Waals surface area contributed by atoms with Crippen molar-refractivity contribution < 1.29 is 14.6 Å². The fraction of sp³-hybridized carbons (Fsp3) is 0.316. The molecule has 2 aromatic rings. The van der Waals surface area contributed by atoms with Crippen LogP contribution in [0.15, 0.2) is 60.7 Å². The maximum atomic E-state index is 10.9. The first-order valence-corrected chi connectivity index (χ1v) is 8.13. The van der Waals surface area contributed by atoms with E-state index in [1.807, 2.05) is 60.7 Å². The molecule has 1 fully saturated rings. The Morgan fingerprint density at radius 1 is 1.12 bits per heavy atom. The van der Waals surface area contributed by atoms with Crippen LogP contribution in [0, 0.1) is 0 Å². The van der Waals surface area contributed by atoms with E-state index in [0.29, 0.717) is 19.5 Å². The largest absolute Gasteiger partial charge is 0.441 e. The van der Waals surface area contributed by atoms with E-state index >= 15 is 0 Å². The molecule has 3 rings (SSSR count). The van der Waals surface area contributed by atoms with E-state index in [1.165, 1.54) is 0 Å².